The second-order valence-corrected chi connectivity index (χ2v) is 26.7. The molecule has 0 saturated carbocycles. The summed E-state index contributed by atoms with van der Waals surface area (Å²) in [5.74, 6) is -0.177. The third-order valence-electron chi connectivity index (χ3n) is 18.1. The van der Waals surface area contributed by atoms with Gasteiger partial charge < -0.3 is 45.1 Å². The van der Waals surface area contributed by atoms with Crippen molar-refractivity contribution in [1.29, 1.82) is 0 Å². The molecule has 1 rings (SSSR count). The van der Waals surface area contributed by atoms with Crippen LogP contribution in [0.25, 0.3) is 0 Å². The zero-order chi connectivity index (χ0) is 64.4. The predicted molar refractivity (Wildman–Crippen MR) is 375 cm³/mol. The van der Waals surface area contributed by atoms with E-state index in [1.807, 2.05) is 6.08 Å². The van der Waals surface area contributed by atoms with Crippen LogP contribution in [0, 0.1) is 0 Å². The highest BCUT2D eigenvalue weighted by atomic mass is 16.7. The maximum absolute atomic E-state index is 13.1. The highest BCUT2D eigenvalue weighted by Gasteiger charge is 2.44. The first kappa shape index (κ1) is 84.6. The molecule has 0 aromatic rings. The molecule has 7 atom stereocenters. The van der Waals surface area contributed by atoms with Crippen molar-refractivity contribution in [2.75, 3.05) is 19.8 Å². The summed E-state index contributed by atoms with van der Waals surface area (Å²) < 4.78 is 16.7. The lowest BCUT2D eigenvalue weighted by molar-refractivity contribution is -0.302. The van der Waals surface area contributed by atoms with Gasteiger partial charge in [-0.1, -0.05) is 326 Å². The lowest BCUT2D eigenvalue weighted by Gasteiger charge is -2.40. The molecule has 1 heterocycles. The number of ether oxygens (including phenoxy) is 3. The van der Waals surface area contributed by atoms with Gasteiger partial charge >= 0.3 is 5.97 Å². The summed E-state index contributed by atoms with van der Waals surface area (Å²) in [5, 5.41) is 54.5. The molecule has 6 N–H and O–H groups in total. The zero-order valence-electron chi connectivity index (χ0n) is 58.2. The quantitative estimate of drug-likeness (QED) is 0.0195. The monoisotopic (exact) mass is 1260 g/mol. The average Bonchev–Trinajstić information content (AvgIpc) is 3.63. The Hall–Kier alpha value is -2.38. The Balaban J connectivity index is 1.94. The Kier molecular flexibility index (Phi) is 63.8. The summed E-state index contributed by atoms with van der Waals surface area (Å²) in [6.07, 6.45) is 78.4. The van der Waals surface area contributed by atoms with E-state index >= 15 is 0 Å². The number of aliphatic hydroxyl groups excluding tert-OH is 5. The van der Waals surface area contributed by atoms with Crippen LogP contribution in [0.5, 0.6) is 0 Å². The zero-order valence-corrected chi connectivity index (χ0v) is 58.2. The van der Waals surface area contributed by atoms with Crippen molar-refractivity contribution in [3.63, 3.8) is 0 Å². The first-order valence-electron chi connectivity index (χ1n) is 38.4. The highest BCUT2D eigenvalue weighted by Crippen LogP contribution is 2.23. The van der Waals surface area contributed by atoms with E-state index in [0.29, 0.717) is 19.4 Å². The van der Waals surface area contributed by atoms with Gasteiger partial charge in [0.25, 0.3) is 0 Å². The van der Waals surface area contributed by atoms with E-state index in [2.05, 4.69) is 55.6 Å². The summed E-state index contributed by atoms with van der Waals surface area (Å²) >= 11 is 0. The summed E-state index contributed by atoms with van der Waals surface area (Å²) in [4.78, 5) is 25.1. The summed E-state index contributed by atoms with van der Waals surface area (Å²) in [6.45, 7) is 4.34. The second-order valence-electron chi connectivity index (χ2n) is 26.7. The molecule has 7 unspecified atom stereocenters. The number of hydrogen-bond donors (Lipinski definition) is 6. The normalized spacial score (nSPS) is 17.9. The number of allylic oxidation sites excluding steroid dienone is 7. The van der Waals surface area contributed by atoms with Crippen molar-refractivity contribution >= 4 is 11.9 Å². The van der Waals surface area contributed by atoms with Gasteiger partial charge in [0.1, 0.15) is 24.4 Å². The van der Waals surface area contributed by atoms with Crippen LogP contribution in [-0.2, 0) is 23.8 Å². The van der Waals surface area contributed by atoms with Crippen LogP contribution in [0.4, 0.5) is 0 Å². The number of carbonyl (C=O) groups excluding carboxylic acids is 2. The molecule has 0 bridgehead atoms. The third-order valence-corrected chi connectivity index (χ3v) is 18.1. The molecule has 1 fully saturated rings. The molecule has 1 amide bonds. The smallest absolute Gasteiger partial charge is 0.305 e. The summed E-state index contributed by atoms with van der Waals surface area (Å²) in [6, 6.07) is -0.833. The van der Waals surface area contributed by atoms with Gasteiger partial charge in [0, 0.05) is 12.8 Å². The van der Waals surface area contributed by atoms with Gasteiger partial charge in [0.15, 0.2) is 6.29 Å². The highest BCUT2D eigenvalue weighted by molar-refractivity contribution is 5.76. The van der Waals surface area contributed by atoms with Crippen LogP contribution in [0.2, 0.25) is 0 Å². The molecule has 522 valence electrons. The fraction of sp³-hybridized carbons (Fsp3) is 0.872. The van der Waals surface area contributed by atoms with E-state index in [1.54, 1.807) is 6.08 Å². The minimum atomic E-state index is -1.58. The van der Waals surface area contributed by atoms with Crippen molar-refractivity contribution in [3.05, 3.63) is 48.6 Å². The largest absolute Gasteiger partial charge is 0.466 e. The van der Waals surface area contributed by atoms with E-state index in [9.17, 15) is 35.1 Å². The summed E-state index contributed by atoms with van der Waals surface area (Å²) in [7, 11) is 0. The molecular weight excluding hydrogens is 1110 g/mol. The molecule has 1 aliphatic heterocycles. The molecule has 0 aliphatic carbocycles. The maximum atomic E-state index is 13.1. The lowest BCUT2D eigenvalue weighted by Crippen LogP contribution is -2.60. The van der Waals surface area contributed by atoms with Crippen LogP contribution in [0.1, 0.15) is 373 Å². The van der Waals surface area contributed by atoms with Crippen molar-refractivity contribution in [3.8, 4) is 0 Å². The number of aliphatic hydroxyl groups is 5. The molecule has 0 aromatic carbocycles. The van der Waals surface area contributed by atoms with Crippen LogP contribution < -0.4 is 5.32 Å². The van der Waals surface area contributed by atoms with E-state index in [-0.39, 0.29) is 18.5 Å². The number of amides is 1. The van der Waals surface area contributed by atoms with Gasteiger partial charge in [-0.05, 0) is 83.5 Å². The fourth-order valence-corrected chi connectivity index (χ4v) is 12.1. The van der Waals surface area contributed by atoms with Crippen molar-refractivity contribution in [2.24, 2.45) is 0 Å². The van der Waals surface area contributed by atoms with Crippen molar-refractivity contribution in [2.45, 2.75) is 416 Å². The molecular formula is C78H145NO10. The lowest BCUT2D eigenvalue weighted by atomic mass is 9.99. The van der Waals surface area contributed by atoms with Crippen LogP contribution in [-0.4, -0.2) is 100 Å². The molecule has 1 aliphatic rings. The molecule has 89 heavy (non-hydrogen) atoms. The Labute approximate surface area is 548 Å². The minimum absolute atomic E-state index is 0.0142. The summed E-state index contributed by atoms with van der Waals surface area (Å²) in [5.41, 5.74) is 0. The van der Waals surface area contributed by atoms with Crippen molar-refractivity contribution < 1.29 is 49.3 Å². The molecule has 1 saturated heterocycles. The van der Waals surface area contributed by atoms with Gasteiger partial charge in [-0.3, -0.25) is 9.59 Å². The van der Waals surface area contributed by atoms with E-state index in [1.165, 1.54) is 283 Å². The number of hydrogen-bond acceptors (Lipinski definition) is 10. The van der Waals surface area contributed by atoms with Gasteiger partial charge in [-0.15, -0.1) is 0 Å². The van der Waals surface area contributed by atoms with Gasteiger partial charge in [0.05, 0.1) is 32.0 Å². The Morgan fingerprint density at radius 1 is 0.404 bits per heavy atom. The Bertz CT molecular complexity index is 1620. The fourth-order valence-electron chi connectivity index (χ4n) is 12.1. The van der Waals surface area contributed by atoms with E-state index in [4.69, 9.17) is 14.2 Å². The number of nitrogens with one attached hydrogen (secondary N) is 1. The minimum Gasteiger partial charge on any atom is -0.466 e. The molecule has 11 heteroatoms. The molecule has 0 radical (unpaired) electrons. The predicted octanol–water partition coefficient (Wildman–Crippen LogP) is 20.3. The van der Waals surface area contributed by atoms with Crippen LogP contribution in [0.15, 0.2) is 48.6 Å². The van der Waals surface area contributed by atoms with E-state index < -0.39 is 49.5 Å². The third kappa shape index (κ3) is 55.8. The number of unbranched alkanes of at least 4 members (excludes halogenated alkanes) is 48. The first-order valence-corrected chi connectivity index (χ1v) is 38.4. The van der Waals surface area contributed by atoms with Crippen molar-refractivity contribution in [1.82, 2.24) is 5.32 Å². The standard InChI is InChI=1S/C78H145NO10/c1-3-5-7-9-11-13-15-17-41-44-48-52-56-60-64-71(81)70(69-88-78-77(86)76(85)75(84)72(68-80)89-78)79-73(82)65-61-57-53-49-45-42-39-37-35-33-31-29-27-25-23-21-19-18-20-22-24-26-28-30-32-34-36-38-40-43-47-51-55-59-63-67-87-74(83)66-62-58-54-50-46-16-14-12-10-8-6-4-2/h13,15,20,22,44,48,60,64,70-72,75-78,80-81,84-86H,3-12,14,16-19,21,23-43,45-47,49-59,61-63,65-69H2,1-2H3,(H,79,82)/b15-13+,22-20-,48-44+,64-60+. The molecule has 0 aromatic heterocycles. The average molecular weight is 1260 g/mol. The molecule has 0 spiro atoms. The topological polar surface area (TPSA) is 175 Å². The Morgan fingerprint density at radius 3 is 1.12 bits per heavy atom. The van der Waals surface area contributed by atoms with Gasteiger partial charge in [-0.2, -0.15) is 0 Å². The van der Waals surface area contributed by atoms with E-state index in [0.717, 1.165) is 64.2 Å². The van der Waals surface area contributed by atoms with Crippen LogP contribution >= 0.6 is 0 Å². The van der Waals surface area contributed by atoms with Gasteiger partial charge in [-0.25, -0.2) is 0 Å². The second kappa shape index (κ2) is 67.1. The van der Waals surface area contributed by atoms with Crippen LogP contribution in [0.3, 0.4) is 0 Å². The number of esters is 1. The number of rotatable bonds is 68. The molecule has 11 nitrogen and oxygen atoms in total. The SMILES string of the molecule is CCCCCC/C=C/CC/C=C/CC/C=C/C(O)C(COC1OC(CO)C(O)C(O)C1O)NC(=O)CCCCCCCCCCCCCCCCCCC/C=C\CCCCCCCCCCCCCCCCOC(=O)CCCCCCCCCCCCCC. The van der Waals surface area contributed by atoms with Gasteiger partial charge in [0.2, 0.25) is 5.91 Å². The number of carbonyl (C=O) groups is 2. The first-order chi connectivity index (χ1) is 43.7. The maximum Gasteiger partial charge on any atom is 0.305 e. The Morgan fingerprint density at radius 2 is 0.730 bits per heavy atom.